The van der Waals surface area contributed by atoms with E-state index in [1.165, 1.54) is 18.5 Å². The minimum Gasteiger partial charge on any atom is -0.304 e. The van der Waals surface area contributed by atoms with Gasteiger partial charge in [0.05, 0.1) is 0 Å². The Hall–Kier alpha value is -0.340. The van der Waals surface area contributed by atoms with Crippen molar-refractivity contribution in [2.24, 2.45) is 0 Å². The molecule has 0 N–H and O–H groups in total. The summed E-state index contributed by atoms with van der Waals surface area (Å²) in [6.07, 6.45) is 1.17. The first kappa shape index (κ1) is 13.7. The SMILES string of the molecule is Br.CCN(CC)CCc1ccccc1. The maximum atomic E-state index is 2.45. The van der Waals surface area contributed by atoms with Crippen molar-refractivity contribution in [1.29, 1.82) is 0 Å². The summed E-state index contributed by atoms with van der Waals surface area (Å²) < 4.78 is 0. The van der Waals surface area contributed by atoms with Crippen LogP contribution in [0.15, 0.2) is 30.3 Å². The lowest BCUT2D eigenvalue weighted by Gasteiger charge is -2.17. The smallest absolute Gasteiger partial charge is 0.00216 e. The molecule has 0 aliphatic carbocycles. The lowest BCUT2D eigenvalue weighted by molar-refractivity contribution is 0.308. The average Bonchev–Trinajstić information content (AvgIpc) is 2.21. The number of likely N-dealkylation sites (N-methyl/N-ethyl adjacent to an activating group) is 1. The van der Waals surface area contributed by atoms with Crippen LogP contribution in [0.4, 0.5) is 0 Å². The van der Waals surface area contributed by atoms with E-state index >= 15 is 0 Å². The second-order valence-corrected chi connectivity index (χ2v) is 3.26. The fourth-order valence-electron chi connectivity index (χ4n) is 1.47. The molecule has 0 fully saturated rings. The number of hydrogen-bond acceptors (Lipinski definition) is 1. The Morgan fingerprint density at radius 2 is 1.57 bits per heavy atom. The molecule has 1 nitrogen and oxygen atoms in total. The standard InChI is InChI=1S/C12H19N.BrH/c1-3-13(4-2)11-10-12-8-6-5-7-9-12;/h5-9H,3-4,10-11H2,1-2H3;1H. The molecule has 2 heteroatoms. The molecular weight excluding hydrogens is 238 g/mol. The molecule has 0 radical (unpaired) electrons. The highest BCUT2D eigenvalue weighted by Gasteiger charge is 1.98. The van der Waals surface area contributed by atoms with E-state index in [1.54, 1.807) is 0 Å². The van der Waals surface area contributed by atoms with Gasteiger partial charge >= 0.3 is 0 Å². The summed E-state index contributed by atoms with van der Waals surface area (Å²) in [5.74, 6) is 0. The molecule has 0 atom stereocenters. The Labute approximate surface area is 97.9 Å². The van der Waals surface area contributed by atoms with Gasteiger partial charge in [-0.3, -0.25) is 0 Å². The van der Waals surface area contributed by atoms with Crippen LogP contribution in [0.3, 0.4) is 0 Å². The van der Waals surface area contributed by atoms with E-state index in [0.29, 0.717) is 0 Å². The van der Waals surface area contributed by atoms with Crippen LogP contribution in [0.5, 0.6) is 0 Å². The first-order valence-corrected chi connectivity index (χ1v) is 5.13. The second-order valence-electron chi connectivity index (χ2n) is 3.26. The summed E-state index contributed by atoms with van der Waals surface area (Å²) in [4.78, 5) is 2.45. The van der Waals surface area contributed by atoms with Crippen LogP contribution in [0, 0.1) is 0 Å². The third-order valence-electron chi connectivity index (χ3n) is 2.45. The van der Waals surface area contributed by atoms with E-state index in [0.717, 1.165) is 13.1 Å². The molecule has 1 aromatic rings. The summed E-state index contributed by atoms with van der Waals surface area (Å²) in [5.41, 5.74) is 1.44. The lowest BCUT2D eigenvalue weighted by atomic mass is 10.1. The zero-order valence-electron chi connectivity index (χ0n) is 9.07. The van der Waals surface area contributed by atoms with Crippen molar-refractivity contribution in [3.8, 4) is 0 Å². The number of benzene rings is 1. The summed E-state index contributed by atoms with van der Waals surface area (Å²) in [7, 11) is 0. The Bertz CT molecular complexity index is 219. The van der Waals surface area contributed by atoms with E-state index in [4.69, 9.17) is 0 Å². The molecule has 0 aromatic heterocycles. The molecule has 1 rings (SSSR count). The van der Waals surface area contributed by atoms with E-state index in [2.05, 4.69) is 49.1 Å². The highest BCUT2D eigenvalue weighted by atomic mass is 79.9. The minimum absolute atomic E-state index is 0. The first-order valence-electron chi connectivity index (χ1n) is 5.13. The normalized spacial score (nSPS) is 9.93. The molecule has 0 unspecified atom stereocenters. The molecule has 0 saturated heterocycles. The topological polar surface area (TPSA) is 3.24 Å². The van der Waals surface area contributed by atoms with Crippen molar-refractivity contribution in [2.75, 3.05) is 19.6 Å². The minimum atomic E-state index is 0. The van der Waals surface area contributed by atoms with Crippen molar-refractivity contribution >= 4 is 17.0 Å². The van der Waals surface area contributed by atoms with Crippen molar-refractivity contribution in [3.63, 3.8) is 0 Å². The number of halogens is 1. The van der Waals surface area contributed by atoms with Crippen molar-refractivity contribution < 1.29 is 0 Å². The van der Waals surface area contributed by atoms with Gasteiger partial charge in [0.15, 0.2) is 0 Å². The molecule has 80 valence electrons. The Morgan fingerprint density at radius 3 is 2.07 bits per heavy atom. The second kappa shape index (κ2) is 8.01. The molecule has 0 aliphatic heterocycles. The predicted molar refractivity (Wildman–Crippen MR) is 68.3 cm³/mol. The molecule has 0 aliphatic rings. The Balaban J connectivity index is 0.00000169. The van der Waals surface area contributed by atoms with Crippen LogP contribution in [-0.2, 0) is 6.42 Å². The fraction of sp³-hybridized carbons (Fsp3) is 0.500. The Kier molecular flexibility index (Phi) is 7.81. The molecular formula is C12H20BrN. The van der Waals surface area contributed by atoms with Gasteiger partial charge in [-0.05, 0) is 25.1 Å². The zero-order valence-corrected chi connectivity index (χ0v) is 10.8. The average molecular weight is 258 g/mol. The molecule has 1 aromatic carbocycles. The van der Waals surface area contributed by atoms with Crippen molar-refractivity contribution in [2.45, 2.75) is 20.3 Å². The summed E-state index contributed by atoms with van der Waals surface area (Å²) in [5, 5.41) is 0. The van der Waals surface area contributed by atoms with Gasteiger partial charge in [-0.1, -0.05) is 44.2 Å². The first-order chi connectivity index (χ1) is 6.36. The van der Waals surface area contributed by atoms with Crippen LogP contribution in [0.1, 0.15) is 19.4 Å². The zero-order chi connectivity index (χ0) is 9.52. The van der Waals surface area contributed by atoms with Gasteiger partial charge in [0, 0.05) is 6.54 Å². The molecule has 0 saturated carbocycles. The molecule has 0 bridgehead atoms. The van der Waals surface area contributed by atoms with Crippen molar-refractivity contribution in [1.82, 2.24) is 4.90 Å². The highest BCUT2D eigenvalue weighted by molar-refractivity contribution is 8.93. The van der Waals surface area contributed by atoms with Crippen LogP contribution in [-0.4, -0.2) is 24.5 Å². The lowest BCUT2D eigenvalue weighted by Crippen LogP contribution is -2.25. The number of rotatable bonds is 5. The van der Waals surface area contributed by atoms with Crippen LogP contribution >= 0.6 is 17.0 Å². The van der Waals surface area contributed by atoms with E-state index in [9.17, 15) is 0 Å². The maximum absolute atomic E-state index is 2.45. The number of hydrogen-bond donors (Lipinski definition) is 0. The van der Waals surface area contributed by atoms with E-state index in [1.807, 2.05) is 0 Å². The van der Waals surface area contributed by atoms with E-state index in [-0.39, 0.29) is 17.0 Å². The van der Waals surface area contributed by atoms with Gasteiger partial charge in [-0.15, -0.1) is 17.0 Å². The molecule has 0 heterocycles. The van der Waals surface area contributed by atoms with Gasteiger partial charge in [0.2, 0.25) is 0 Å². The fourth-order valence-corrected chi connectivity index (χ4v) is 1.47. The molecule has 14 heavy (non-hydrogen) atoms. The monoisotopic (exact) mass is 257 g/mol. The molecule has 0 amide bonds. The van der Waals surface area contributed by atoms with Gasteiger partial charge < -0.3 is 4.90 Å². The van der Waals surface area contributed by atoms with E-state index < -0.39 is 0 Å². The summed E-state index contributed by atoms with van der Waals surface area (Å²) >= 11 is 0. The summed E-state index contributed by atoms with van der Waals surface area (Å²) in [6.45, 7) is 7.92. The highest BCUT2D eigenvalue weighted by Crippen LogP contribution is 2.00. The quantitative estimate of drug-likeness (QED) is 0.784. The molecule has 0 spiro atoms. The van der Waals surface area contributed by atoms with Crippen LogP contribution in [0.25, 0.3) is 0 Å². The van der Waals surface area contributed by atoms with Gasteiger partial charge in [-0.25, -0.2) is 0 Å². The predicted octanol–water partition coefficient (Wildman–Crippen LogP) is 3.15. The third kappa shape index (κ3) is 4.77. The maximum Gasteiger partial charge on any atom is 0.00216 e. The van der Waals surface area contributed by atoms with Gasteiger partial charge in [-0.2, -0.15) is 0 Å². The van der Waals surface area contributed by atoms with Gasteiger partial charge in [0.1, 0.15) is 0 Å². The van der Waals surface area contributed by atoms with Crippen molar-refractivity contribution in [3.05, 3.63) is 35.9 Å². The van der Waals surface area contributed by atoms with Crippen LogP contribution < -0.4 is 0 Å². The largest absolute Gasteiger partial charge is 0.304 e. The van der Waals surface area contributed by atoms with Gasteiger partial charge in [0.25, 0.3) is 0 Å². The Morgan fingerprint density at radius 1 is 1.00 bits per heavy atom. The summed E-state index contributed by atoms with van der Waals surface area (Å²) in [6, 6.07) is 10.7. The number of nitrogens with zero attached hydrogens (tertiary/aromatic N) is 1. The van der Waals surface area contributed by atoms with Crippen LogP contribution in [0.2, 0.25) is 0 Å². The third-order valence-corrected chi connectivity index (χ3v) is 2.45.